The maximum atomic E-state index is 6.09. The Balaban J connectivity index is 2.32. The molecule has 0 spiro atoms. The molecule has 0 atom stereocenters. The summed E-state index contributed by atoms with van der Waals surface area (Å²) in [5.41, 5.74) is 9.77. The molecule has 0 saturated carbocycles. The molecule has 0 radical (unpaired) electrons. The van der Waals surface area contributed by atoms with Crippen molar-refractivity contribution in [2.75, 3.05) is 7.05 Å². The number of benzene rings is 2. The predicted molar refractivity (Wildman–Crippen MR) is 77.5 cm³/mol. The molecule has 0 fully saturated rings. The molecular weight excluding hydrogens is 220 g/mol. The molecule has 0 unspecified atom stereocenters. The van der Waals surface area contributed by atoms with Crippen LogP contribution >= 0.6 is 0 Å². The zero-order chi connectivity index (χ0) is 12.8. The van der Waals surface area contributed by atoms with Crippen molar-refractivity contribution in [3.05, 3.63) is 77.9 Å². The van der Waals surface area contributed by atoms with E-state index in [0.717, 1.165) is 22.5 Å². The zero-order valence-corrected chi connectivity index (χ0v) is 10.4. The SMILES string of the molecule is CN=C(/C=C(\N)c1ccccc1)c1ccccc1. The minimum Gasteiger partial charge on any atom is -0.398 e. The minimum absolute atomic E-state index is 0.722. The Kier molecular flexibility index (Phi) is 3.92. The van der Waals surface area contributed by atoms with Crippen molar-refractivity contribution in [2.45, 2.75) is 0 Å². The van der Waals surface area contributed by atoms with Crippen molar-refractivity contribution >= 4 is 11.4 Å². The molecule has 0 aromatic heterocycles. The summed E-state index contributed by atoms with van der Waals surface area (Å²) in [7, 11) is 1.77. The first kappa shape index (κ1) is 12.1. The van der Waals surface area contributed by atoms with Crippen LogP contribution in [0.3, 0.4) is 0 Å². The summed E-state index contributed by atoms with van der Waals surface area (Å²) < 4.78 is 0. The van der Waals surface area contributed by atoms with Gasteiger partial charge in [0.05, 0.1) is 5.71 Å². The van der Waals surface area contributed by atoms with Gasteiger partial charge in [0.2, 0.25) is 0 Å². The topological polar surface area (TPSA) is 38.4 Å². The molecule has 0 aliphatic rings. The average molecular weight is 236 g/mol. The standard InChI is InChI=1S/C16H16N2/c1-18-16(14-10-6-3-7-11-14)12-15(17)13-8-4-2-5-9-13/h2-12H,17H2,1H3/b15-12-,18-16?. The van der Waals surface area contributed by atoms with Crippen LogP contribution in [0.1, 0.15) is 11.1 Å². The van der Waals surface area contributed by atoms with Crippen LogP contribution in [0.4, 0.5) is 0 Å². The fourth-order valence-corrected chi connectivity index (χ4v) is 1.75. The van der Waals surface area contributed by atoms with Gasteiger partial charge in [0.1, 0.15) is 0 Å². The Morgan fingerprint density at radius 2 is 1.39 bits per heavy atom. The van der Waals surface area contributed by atoms with Gasteiger partial charge in [-0.1, -0.05) is 60.7 Å². The van der Waals surface area contributed by atoms with E-state index in [9.17, 15) is 0 Å². The molecule has 0 amide bonds. The molecule has 2 aromatic carbocycles. The van der Waals surface area contributed by atoms with Gasteiger partial charge in [0.15, 0.2) is 0 Å². The molecule has 0 aliphatic carbocycles. The second kappa shape index (κ2) is 5.82. The summed E-state index contributed by atoms with van der Waals surface area (Å²) in [4.78, 5) is 4.28. The smallest absolute Gasteiger partial charge is 0.0663 e. The number of allylic oxidation sites excluding steroid dienone is 1. The molecule has 90 valence electrons. The van der Waals surface area contributed by atoms with Gasteiger partial charge in [-0.15, -0.1) is 0 Å². The van der Waals surface area contributed by atoms with Crippen LogP contribution in [-0.2, 0) is 0 Å². The third-order valence-electron chi connectivity index (χ3n) is 2.71. The third-order valence-corrected chi connectivity index (χ3v) is 2.71. The van der Waals surface area contributed by atoms with Crippen LogP contribution < -0.4 is 5.73 Å². The summed E-state index contributed by atoms with van der Waals surface area (Å²) >= 11 is 0. The van der Waals surface area contributed by atoms with E-state index in [1.54, 1.807) is 7.05 Å². The summed E-state index contributed by atoms with van der Waals surface area (Å²) in [6, 6.07) is 19.9. The Morgan fingerprint density at radius 3 is 1.89 bits per heavy atom. The highest BCUT2D eigenvalue weighted by Crippen LogP contribution is 2.10. The van der Waals surface area contributed by atoms with Crippen molar-refractivity contribution in [3.8, 4) is 0 Å². The van der Waals surface area contributed by atoms with Crippen LogP contribution in [0, 0.1) is 0 Å². The van der Waals surface area contributed by atoms with Gasteiger partial charge in [-0.05, 0) is 17.2 Å². The van der Waals surface area contributed by atoms with Gasteiger partial charge in [0, 0.05) is 12.7 Å². The van der Waals surface area contributed by atoms with Crippen molar-refractivity contribution in [3.63, 3.8) is 0 Å². The van der Waals surface area contributed by atoms with E-state index in [-0.39, 0.29) is 0 Å². The lowest BCUT2D eigenvalue weighted by atomic mass is 10.1. The predicted octanol–water partition coefficient (Wildman–Crippen LogP) is 3.11. The molecule has 0 bridgehead atoms. The number of aliphatic imine (C=N–C) groups is 1. The first-order valence-electron chi connectivity index (χ1n) is 5.86. The normalized spacial score (nSPS) is 12.5. The number of nitrogens with two attached hydrogens (primary N) is 1. The van der Waals surface area contributed by atoms with E-state index in [1.807, 2.05) is 66.7 Å². The molecule has 2 heteroatoms. The lowest BCUT2D eigenvalue weighted by Gasteiger charge is -2.04. The van der Waals surface area contributed by atoms with E-state index in [2.05, 4.69) is 4.99 Å². The van der Waals surface area contributed by atoms with Gasteiger partial charge in [-0.25, -0.2) is 0 Å². The van der Waals surface area contributed by atoms with Gasteiger partial charge in [-0.2, -0.15) is 0 Å². The molecule has 2 aromatic rings. The third kappa shape index (κ3) is 2.86. The van der Waals surface area contributed by atoms with Crippen molar-refractivity contribution < 1.29 is 0 Å². The lowest BCUT2D eigenvalue weighted by molar-refractivity contribution is 1.43. The highest BCUT2D eigenvalue weighted by atomic mass is 14.7. The van der Waals surface area contributed by atoms with Crippen LogP contribution in [0.25, 0.3) is 5.70 Å². The van der Waals surface area contributed by atoms with Crippen LogP contribution in [0.5, 0.6) is 0 Å². The largest absolute Gasteiger partial charge is 0.398 e. The van der Waals surface area contributed by atoms with Crippen molar-refractivity contribution in [1.29, 1.82) is 0 Å². The Labute approximate surface area is 107 Å². The van der Waals surface area contributed by atoms with Crippen molar-refractivity contribution in [2.24, 2.45) is 10.7 Å². The summed E-state index contributed by atoms with van der Waals surface area (Å²) in [6.45, 7) is 0. The van der Waals surface area contributed by atoms with E-state index in [4.69, 9.17) is 5.73 Å². The average Bonchev–Trinajstić information content (AvgIpc) is 2.46. The second-order valence-electron chi connectivity index (χ2n) is 3.94. The van der Waals surface area contributed by atoms with Gasteiger partial charge < -0.3 is 5.73 Å². The highest BCUT2D eigenvalue weighted by Gasteiger charge is 2.01. The van der Waals surface area contributed by atoms with Crippen LogP contribution in [-0.4, -0.2) is 12.8 Å². The van der Waals surface area contributed by atoms with E-state index in [1.165, 1.54) is 0 Å². The molecule has 0 saturated heterocycles. The van der Waals surface area contributed by atoms with Crippen molar-refractivity contribution in [1.82, 2.24) is 0 Å². The molecule has 2 rings (SSSR count). The molecule has 2 N–H and O–H groups in total. The van der Waals surface area contributed by atoms with Gasteiger partial charge in [-0.3, -0.25) is 4.99 Å². The molecule has 18 heavy (non-hydrogen) atoms. The van der Waals surface area contributed by atoms with E-state index in [0.29, 0.717) is 0 Å². The number of nitrogens with zero attached hydrogens (tertiary/aromatic N) is 1. The monoisotopic (exact) mass is 236 g/mol. The van der Waals surface area contributed by atoms with Crippen LogP contribution in [0.2, 0.25) is 0 Å². The fourth-order valence-electron chi connectivity index (χ4n) is 1.75. The molecule has 2 nitrogen and oxygen atoms in total. The minimum atomic E-state index is 0.722. The number of hydrogen-bond acceptors (Lipinski definition) is 2. The summed E-state index contributed by atoms with van der Waals surface area (Å²) in [5, 5.41) is 0. The highest BCUT2D eigenvalue weighted by molar-refractivity contribution is 6.11. The second-order valence-corrected chi connectivity index (χ2v) is 3.94. The maximum Gasteiger partial charge on any atom is 0.0663 e. The fraction of sp³-hybridized carbons (Fsp3) is 0.0625. The molecule has 0 aliphatic heterocycles. The molecule has 0 heterocycles. The lowest BCUT2D eigenvalue weighted by Crippen LogP contribution is -2.03. The zero-order valence-electron chi connectivity index (χ0n) is 10.4. The van der Waals surface area contributed by atoms with Crippen LogP contribution in [0.15, 0.2) is 71.7 Å². The molecular formula is C16H16N2. The Bertz CT molecular complexity index is 554. The van der Waals surface area contributed by atoms with E-state index >= 15 is 0 Å². The maximum absolute atomic E-state index is 6.09. The Hall–Kier alpha value is -2.35. The quantitative estimate of drug-likeness (QED) is 0.817. The first-order valence-corrected chi connectivity index (χ1v) is 5.86. The number of hydrogen-bond donors (Lipinski definition) is 1. The Morgan fingerprint density at radius 1 is 0.889 bits per heavy atom. The summed E-state index contributed by atoms with van der Waals surface area (Å²) in [6.07, 6.45) is 1.91. The number of rotatable bonds is 3. The first-order chi connectivity index (χ1) is 8.81. The van der Waals surface area contributed by atoms with Gasteiger partial charge >= 0.3 is 0 Å². The van der Waals surface area contributed by atoms with Gasteiger partial charge in [0.25, 0.3) is 0 Å². The van der Waals surface area contributed by atoms with E-state index < -0.39 is 0 Å². The summed E-state index contributed by atoms with van der Waals surface area (Å²) in [5.74, 6) is 0.